The lowest BCUT2D eigenvalue weighted by atomic mass is 10.1. The molecule has 5 nitrogen and oxygen atoms in total. The molecule has 1 aromatic rings. The van der Waals surface area contributed by atoms with Crippen LogP contribution in [0.3, 0.4) is 0 Å². The number of nitrogens with zero attached hydrogens (tertiary/aromatic N) is 2. The molecule has 0 aliphatic carbocycles. The Morgan fingerprint density at radius 2 is 2.19 bits per heavy atom. The fourth-order valence-electron chi connectivity index (χ4n) is 2.68. The molecule has 1 aliphatic rings. The first-order valence-electron chi connectivity index (χ1n) is 6.98. The van der Waals surface area contributed by atoms with Gasteiger partial charge in [-0.2, -0.15) is 0 Å². The molecule has 1 aliphatic heterocycles. The van der Waals surface area contributed by atoms with Gasteiger partial charge in [-0.1, -0.05) is 6.07 Å². The van der Waals surface area contributed by atoms with Gasteiger partial charge < -0.3 is 10.6 Å². The van der Waals surface area contributed by atoms with Gasteiger partial charge >= 0.3 is 0 Å². The highest BCUT2D eigenvalue weighted by molar-refractivity contribution is 9.10. The Morgan fingerprint density at radius 1 is 1.48 bits per heavy atom. The lowest BCUT2D eigenvalue weighted by Crippen LogP contribution is -2.33. The zero-order chi connectivity index (χ0) is 15.6. The average molecular weight is 376 g/mol. The Morgan fingerprint density at radius 3 is 2.76 bits per heavy atom. The molecule has 7 heteroatoms. The summed E-state index contributed by atoms with van der Waals surface area (Å²) in [4.78, 5) is 2.52. The molecule has 0 saturated carbocycles. The van der Waals surface area contributed by atoms with Gasteiger partial charge in [0.1, 0.15) is 0 Å². The molecule has 2 rings (SSSR count). The van der Waals surface area contributed by atoms with E-state index in [0.717, 1.165) is 25.1 Å². The first kappa shape index (κ1) is 16.9. The molecule has 0 bridgehead atoms. The first-order valence-corrected chi connectivity index (χ1v) is 9.21. The van der Waals surface area contributed by atoms with Crippen molar-refractivity contribution in [1.82, 2.24) is 9.21 Å². The third-order valence-electron chi connectivity index (χ3n) is 3.92. The Hall–Kier alpha value is -0.470. The van der Waals surface area contributed by atoms with Gasteiger partial charge in [0.05, 0.1) is 4.90 Å². The fourth-order valence-corrected chi connectivity index (χ4v) is 4.90. The highest BCUT2D eigenvalue weighted by Gasteiger charge is 2.28. The van der Waals surface area contributed by atoms with Crippen molar-refractivity contribution >= 4 is 26.0 Å². The standard InChI is InChI=1S/C14H22BrN3O2S/c1-17-6-5-12(9-17)10-18(2)21(19,20)14-7-11(8-16)3-4-13(14)15/h3-4,7,12H,5-6,8-10,16H2,1-2H3. The van der Waals surface area contributed by atoms with E-state index in [4.69, 9.17) is 5.73 Å². The van der Waals surface area contributed by atoms with Gasteiger partial charge in [-0.3, -0.25) is 0 Å². The summed E-state index contributed by atoms with van der Waals surface area (Å²) in [6, 6.07) is 5.22. The van der Waals surface area contributed by atoms with E-state index in [9.17, 15) is 8.42 Å². The summed E-state index contributed by atoms with van der Waals surface area (Å²) in [5.41, 5.74) is 6.42. The Kier molecular flexibility index (Phi) is 5.43. The molecule has 1 fully saturated rings. The van der Waals surface area contributed by atoms with E-state index >= 15 is 0 Å². The molecular weight excluding hydrogens is 354 g/mol. The van der Waals surface area contributed by atoms with Crippen molar-refractivity contribution < 1.29 is 8.42 Å². The largest absolute Gasteiger partial charge is 0.326 e. The van der Waals surface area contributed by atoms with Crippen molar-refractivity contribution in [3.63, 3.8) is 0 Å². The Balaban J connectivity index is 2.20. The van der Waals surface area contributed by atoms with Gasteiger partial charge in [0.15, 0.2) is 0 Å². The molecule has 1 saturated heterocycles. The molecule has 0 aromatic heterocycles. The van der Waals surface area contributed by atoms with Crippen LogP contribution < -0.4 is 5.73 Å². The molecule has 1 unspecified atom stereocenters. The fraction of sp³-hybridized carbons (Fsp3) is 0.571. The minimum Gasteiger partial charge on any atom is -0.326 e. The topological polar surface area (TPSA) is 66.6 Å². The quantitative estimate of drug-likeness (QED) is 0.846. The second kappa shape index (κ2) is 6.75. The predicted octanol–water partition coefficient (Wildman–Crippen LogP) is 1.48. The third kappa shape index (κ3) is 3.84. The first-order chi connectivity index (χ1) is 9.84. The minimum atomic E-state index is -3.49. The maximum Gasteiger partial charge on any atom is 0.243 e. The lowest BCUT2D eigenvalue weighted by Gasteiger charge is -2.22. The second-order valence-corrected chi connectivity index (χ2v) is 8.54. The van der Waals surface area contributed by atoms with Crippen LogP contribution in [-0.2, 0) is 16.6 Å². The Labute approximate surface area is 135 Å². The number of nitrogens with two attached hydrogens (primary N) is 1. The van der Waals surface area contributed by atoms with Crippen LogP contribution in [0.4, 0.5) is 0 Å². The van der Waals surface area contributed by atoms with Crippen LogP contribution >= 0.6 is 15.9 Å². The zero-order valence-electron chi connectivity index (χ0n) is 12.4. The van der Waals surface area contributed by atoms with E-state index in [1.54, 1.807) is 19.2 Å². The normalized spacial score (nSPS) is 20.3. The van der Waals surface area contributed by atoms with Crippen LogP contribution in [0.15, 0.2) is 27.6 Å². The second-order valence-electron chi connectivity index (χ2n) is 5.67. The molecule has 21 heavy (non-hydrogen) atoms. The van der Waals surface area contributed by atoms with Crippen LogP contribution in [-0.4, -0.2) is 51.4 Å². The number of rotatable bonds is 5. The summed E-state index contributed by atoms with van der Waals surface area (Å²) in [6.45, 7) is 2.85. The monoisotopic (exact) mass is 375 g/mol. The van der Waals surface area contributed by atoms with Gasteiger partial charge in [-0.05, 0) is 59.6 Å². The molecule has 0 amide bonds. The van der Waals surface area contributed by atoms with E-state index in [1.807, 2.05) is 6.07 Å². The van der Waals surface area contributed by atoms with Crippen molar-refractivity contribution in [2.45, 2.75) is 17.9 Å². The van der Waals surface area contributed by atoms with Crippen LogP contribution in [0.5, 0.6) is 0 Å². The van der Waals surface area contributed by atoms with Crippen LogP contribution in [0.1, 0.15) is 12.0 Å². The van der Waals surface area contributed by atoms with Crippen LogP contribution in [0.25, 0.3) is 0 Å². The summed E-state index contributed by atoms with van der Waals surface area (Å²) in [6.07, 6.45) is 1.04. The molecule has 1 aromatic carbocycles. The smallest absolute Gasteiger partial charge is 0.243 e. The summed E-state index contributed by atoms with van der Waals surface area (Å²) in [5.74, 6) is 0.395. The van der Waals surface area contributed by atoms with Crippen molar-refractivity contribution in [3.8, 4) is 0 Å². The zero-order valence-corrected chi connectivity index (χ0v) is 14.8. The predicted molar refractivity (Wildman–Crippen MR) is 87.5 cm³/mol. The molecule has 1 heterocycles. The van der Waals surface area contributed by atoms with E-state index in [1.165, 1.54) is 4.31 Å². The van der Waals surface area contributed by atoms with E-state index in [2.05, 4.69) is 27.9 Å². The van der Waals surface area contributed by atoms with Gasteiger partial charge in [0, 0.05) is 31.2 Å². The third-order valence-corrected chi connectivity index (χ3v) is 6.74. The SMILES string of the molecule is CN1CCC(CN(C)S(=O)(=O)c2cc(CN)ccc2Br)C1. The molecule has 2 N–H and O–H groups in total. The summed E-state index contributed by atoms with van der Waals surface area (Å²) in [5, 5.41) is 0. The summed E-state index contributed by atoms with van der Waals surface area (Å²) in [7, 11) is 0.218. The summed E-state index contributed by atoms with van der Waals surface area (Å²) >= 11 is 3.33. The number of benzene rings is 1. The number of likely N-dealkylation sites (tertiary alicyclic amines) is 1. The molecule has 0 radical (unpaired) electrons. The minimum absolute atomic E-state index is 0.291. The van der Waals surface area contributed by atoms with Gasteiger partial charge in [-0.15, -0.1) is 0 Å². The molecule has 1 atom stereocenters. The summed E-state index contributed by atoms with van der Waals surface area (Å²) < 4.78 is 27.5. The van der Waals surface area contributed by atoms with Gasteiger partial charge in [0.2, 0.25) is 10.0 Å². The van der Waals surface area contributed by atoms with E-state index in [0.29, 0.717) is 28.4 Å². The van der Waals surface area contributed by atoms with E-state index < -0.39 is 10.0 Å². The average Bonchev–Trinajstić information content (AvgIpc) is 2.84. The van der Waals surface area contributed by atoms with Crippen molar-refractivity contribution in [1.29, 1.82) is 0 Å². The van der Waals surface area contributed by atoms with Crippen LogP contribution in [0, 0.1) is 5.92 Å². The number of hydrogen-bond donors (Lipinski definition) is 1. The van der Waals surface area contributed by atoms with E-state index in [-0.39, 0.29) is 0 Å². The number of hydrogen-bond acceptors (Lipinski definition) is 4. The molecule has 118 valence electrons. The molecular formula is C14H22BrN3O2S. The maximum absolute atomic E-state index is 12.7. The van der Waals surface area contributed by atoms with Crippen molar-refractivity contribution in [2.75, 3.05) is 33.7 Å². The van der Waals surface area contributed by atoms with Crippen molar-refractivity contribution in [3.05, 3.63) is 28.2 Å². The van der Waals surface area contributed by atoms with Crippen LogP contribution in [0.2, 0.25) is 0 Å². The highest BCUT2D eigenvalue weighted by Crippen LogP contribution is 2.27. The van der Waals surface area contributed by atoms with Gasteiger partial charge in [-0.25, -0.2) is 12.7 Å². The lowest BCUT2D eigenvalue weighted by molar-refractivity contribution is 0.356. The maximum atomic E-state index is 12.7. The molecule has 0 spiro atoms. The number of halogens is 1. The van der Waals surface area contributed by atoms with Gasteiger partial charge in [0.25, 0.3) is 0 Å². The highest BCUT2D eigenvalue weighted by atomic mass is 79.9. The number of sulfonamides is 1. The van der Waals surface area contributed by atoms with Crippen molar-refractivity contribution in [2.24, 2.45) is 11.7 Å². The Bertz CT molecular complexity index is 606.